The minimum atomic E-state index is 0.970. The molecule has 0 saturated heterocycles. The molecule has 0 radical (unpaired) electrons. The number of hydrogen-bond donors (Lipinski definition) is 0. The SMILES string of the molecule is N#CC=CSc1nc2ccccc2s1. The molecule has 2 rings (SSSR count). The van der Waals surface area contributed by atoms with Gasteiger partial charge in [0.05, 0.1) is 16.3 Å². The van der Waals surface area contributed by atoms with Gasteiger partial charge in [0.1, 0.15) is 0 Å². The van der Waals surface area contributed by atoms with Crippen molar-refractivity contribution in [3.05, 3.63) is 35.7 Å². The standard InChI is InChI=1S/C10H6N2S2/c11-6-3-7-13-10-12-8-4-1-2-5-9(8)14-10/h1-5,7H. The first-order valence-electron chi connectivity index (χ1n) is 3.97. The highest BCUT2D eigenvalue weighted by Crippen LogP contribution is 2.29. The van der Waals surface area contributed by atoms with E-state index in [1.165, 1.54) is 22.5 Å². The van der Waals surface area contributed by atoms with Crippen molar-refractivity contribution in [1.29, 1.82) is 5.26 Å². The lowest BCUT2D eigenvalue weighted by atomic mass is 10.3. The zero-order valence-corrected chi connectivity index (χ0v) is 8.81. The molecule has 0 atom stereocenters. The largest absolute Gasteiger partial charge is 0.229 e. The van der Waals surface area contributed by atoms with E-state index in [2.05, 4.69) is 4.98 Å². The molecule has 1 heterocycles. The van der Waals surface area contributed by atoms with Gasteiger partial charge >= 0.3 is 0 Å². The van der Waals surface area contributed by atoms with E-state index >= 15 is 0 Å². The molecule has 0 aliphatic rings. The Kier molecular flexibility index (Phi) is 2.82. The summed E-state index contributed by atoms with van der Waals surface area (Å²) in [6.45, 7) is 0. The minimum Gasteiger partial charge on any atom is -0.229 e. The van der Waals surface area contributed by atoms with Gasteiger partial charge in [-0.1, -0.05) is 23.9 Å². The molecule has 0 spiro atoms. The third-order valence-corrected chi connectivity index (χ3v) is 3.52. The second-order valence-electron chi connectivity index (χ2n) is 2.50. The number of benzene rings is 1. The van der Waals surface area contributed by atoms with Crippen molar-refractivity contribution in [2.24, 2.45) is 0 Å². The van der Waals surface area contributed by atoms with Crippen LogP contribution in [0.2, 0.25) is 0 Å². The predicted octanol–water partition coefficient (Wildman–Crippen LogP) is 3.43. The van der Waals surface area contributed by atoms with Gasteiger partial charge in [0.25, 0.3) is 0 Å². The summed E-state index contributed by atoms with van der Waals surface area (Å²) in [5, 5.41) is 10.1. The highest BCUT2D eigenvalue weighted by molar-refractivity contribution is 8.03. The zero-order chi connectivity index (χ0) is 9.80. The normalized spacial score (nSPS) is 10.8. The summed E-state index contributed by atoms with van der Waals surface area (Å²) in [5.74, 6) is 0. The molecule has 0 N–H and O–H groups in total. The van der Waals surface area contributed by atoms with Crippen molar-refractivity contribution in [2.45, 2.75) is 4.34 Å². The number of hydrogen-bond acceptors (Lipinski definition) is 4. The highest BCUT2D eigenvalue weighted by atomic mass is 32.2. The second kappa shape index (κ2) is 4.27. The summed E-state index contributed by atoms with van der Waals surface area (Å²) in [7, 11) is 0. The van der Waals surface area contributed by atoms with Crippen LogP contribution in [0.15, 0.2) is 40.1 Å². The molecule has 14 heavy (non-hydrogen) atoms. The summed E-state index contributed by atoms with van der Waals surface area (Å²) in [6, 6.07) is 9.96. The van der Waals surface area contributed by atoms with Crippen molar-refractivity contribution in [3.8, 4) is 6.07 Å². The predicted molar refractivity (Wildman–Crippen MR) is 60.2 cm³/mol. The van der Waals surface area contributed by atoms with E-state index in [1.807, 2.05) is 30.3 Å². The molecule has 0 amide bonds. The summed E-state index contributed by atoms with van der Waals surface area (Å²) in [5.41, 5.74) is 1.02. The van der Waals surface area contributed by atoms with Crippen LogP contribution in [-0.2, 0) is 0 Å². The average Bonchev–Trinajstić information content (AvgIpc) is 2.60. The Morgan fingerprint density at radius 1 is 1.43 bits per heavy atom. The van der Waals surface area contributed by atoms with E-state index in [1.54, 1.807) is 16.7 Å². The lowest BCUT2D eigenvalue weighted by Gasteiger charge is -1.81. The van der Waals surface area contributed by atoms with Gasteiger partial charge in [-0.15, -0.1) is 11.3 Å². The molecular formula is C10H6N2S2. The first-order valence-corrected chi connectivity index (χ1v) is 5.66. The number of rotatable bonds is 2. The molecule has 0 bridgehead atoms. The maximum Gasteiger partial charge on any atom is 0.155 e. The van der Waals surface area contributed by atoms with E-state index in [0.29, 0.717) is 0 Å². The van der Waals surface area contributed by atoms with Gasteiger partial charge < -0.3 is 0 Å². The lowest BCUT2D eigenvalue weighted by Crippen LogP contribution is -1.65. The van der Waals surface area contributed by atoms with Crippen molar-refractivity contribution >= 4 is 33.3 Å². The number of allylic oxidation sites excluding steroid dienone is 1. The number of thioether (sulfide) groups is 1. The van der Waals surface area contributed by atoms with Crippen LogP contribution >= 0.6 is 23.1 Å². The van der Waals surface area contributed by atoms with Gasteiger partial charge in [0, 0.05) is 6.08 Å². The number of para-hydroxylation sites is 1. The first kappa shape index (κ1) is 9.25. The first-order chi connectivity index (χ1) is 6.90. The molecule has 0 aliphatic carbocycles. The van der Waals surface area contributed by atoms with Crippen molar-refractivity contribution in [3.63, 3.8) is 0 Å². The summed E-state index contributed by atoms with van der Waals surface area (Å²) in [4.78, 5) is 4.41. The van der Waals surface area contributed by atoms with Gasteiger partial charge in [0.15, 0.2) is 4.34 Å². The topological polar surface area (TPSA) is 36.7 Å². The molecule has 0 saturated carbocycles. The number of nitriles is 1. The zero-order valence-electron chi connectivity index (χ0n) is 7.18. The minimum absolute atomic E-state index is 0.970. The summed E-state index contributed by atoms with van der Waals surface area (Å²) in [6.07, 6.45) is 1.46. The molecule has 1 aromatic carbocycles. The maximum absolute atomic E-state index is 8.32. The molecule has 2 nitrogen and oxygen atoms in total. The van der Waals surface area contributed by atoms with Gasteiger partial charge in [-0.05, 0) is 17.5 Å². The number of fused-ring (bicyclic) bond motifs is 1. The van der Waals surface area contributed by atoms with Crippen LogP contribution in [-0.4, -0.2) is 4.98 Å². The number of thiazole rings is 1. The maximum atomic E-state index is 8.32. The second-order valence-corrected chi connectivity index (χ2v) is 4.68. The fourth-order valence-electron chi connectivity index (χ4n) is 1.02. The Balaban J connectivity index is 2.28. The molecule has 2 aromatic rings. The summed E-state index contributed by atoms with van der Waals surface area (Å²) >= 11 is 3.11. The average molecular weight is 218 g/mol. The van der Waals surface area contributed by atoms with Crippen LogP contribution in [0, 0.1) is 11.3 Å². The van der Waals surface area contributed by atoms with Gasteiger partial charge in [-0.3, -0.25) is 0 Å². The van der Waals surface area contributed by atoms with Crippen LogP contribution in [0.25, 0.3) is 10.2 Å². The fraction of sp³-hybridized carbons (Fsp3) is 0. The van der Waals surface area contributed by atoms with E-state index in [9.17, 15) is 0 Å². The van der Waals surface area contributed by atoms with E-state index in [-0.39, 0.29) is 0 Å². The molecule has 4 heteroatoms. The monoisotopic (exact) mass is 218 g/mol. The van der Waals surface area contributed by atoms with Crippen molar-refractivity contribution in [1.82, 2.24) is 4.98 Å². The third kappa shape index (κ3) is 1.95. The van der Waals surface area contributed by atoms with Crippen LogP contribution < -0.4 is 0 Å². The lowest BCUT2D eigenvalue weighted by molar-refractivity contribution is 1.31. The quantitative estimate of drug-likeness (QED) is 0.572. The molecule has 1 aromatic heterocycles. The van der Waals surface area contributed by atoms with Crippen LogP contribution in [0.4, 0.5) is 0 Å². The Morgan fingerprint density at radius 2 is 2.29 bits per heavy atom. The number of aromatic nitrogens is 1. The molecule has 0 unspecified atom stereocenters. The third-order valence-electron chi connectivity index (χ3n) is 1.59. The van der Waals surface area contributed by atoms with Crippen LogP contribution in [0.3, 0.4) is 0 Å². The van der Waals surface area contributed by atoms with E-state index < -0.39 is 0 Å². The Hall–Kier alpha value is -1.31. The number of nitrogens with zero attached hydrogens (tertiary/aromatic N) is 2. The van der Waals surface area contributed by atoms with Crippen LogP contribution in [0.5, 0.6) is 0 Å². The van der Waals surface area contributed by atoms with Gasteiger partial charge in [-0.2, -0.15) is 5.26 Å². The molecule has 0 fully saturated rings. The Morgan fingerprint density at radius 3 is 3.07 bits per heavy atom. The summed E-state index contributed by atoms with van der Waals surface area (Å²) < 4.78 is 2.15. The fourth-order valence-corrected chi connectivity index (χ4v) is 2.75. The molecule has 68 valence electrons. The van der Waals surface area contributed by atoms with Crippen molar-refractivity contribution in [2.75, 3.05) is 0 Å². The van der Waals surface area contributed by atoms with E-state index in [0.717, 1.165) is 9.86 Å². The van der Waals surface area contributed by atoms with E-state index in [4.69, 9.17) is 5.26 Å². The van der Waals surface area contributed by atoms with Crippen LogP contribution in [0.1, 0.15) is 0 Å². The smallest absolute Gasteiger partial charge is 0.155 e. The Labute approximate surface area is 89.9 Å². The highest BCUT2D eigenvalue weighted by Gasteiger charge is 2.00. The molecular weight excluding hydrogens is 212 g/mol. The van der Waals surface area contributed by atoms with Gasteiger partial charge in [0.2, 0.25) is 0 Å². The van der Waals surface area contributed by atoms with Crippen molar-refractivity contribution < 1.29 is 0 Å². The Bertz CT molecular complexity index is 475. The van der Waals surface area contributed by atoms with Gasteiger partial charge in [-0.25, -0.2) is 4.98 Å². The molecule has 0 aliphatic heterocycles.